The third-order valence-corrected chi connectivity index (χ3v) is 5.13. The largest absolute Gasteiger partial charge is 0.373 e. The predicted molar refractivity (Wildman–Crippen MR) is 104 cm³/mol. The van der Waals surface area contributed by atoms with Crippen LogP contribution in [0.4, 0.5) is 11.8 Å². The minimum absolute atomic E-state index is 0.186. The number of benzene rings is 1. The zero-order valence-corrected chi connectivity index (χ0v) is 15.5. The summed E-state index contributed by atoms with van der Waals surface area (Å²) < 4.78 is 2.08. The van der Waals surface area contributed by atoms with Crippen LogP contribution in [0, 0.1) is 13.8 Å². The average molecular weight is 348 g/mol. The van der Waals surface area contributed by atoms with Gasteiger partial charge < -0.3 is 10.6 Å². The molecule has 0 saturated heterocycles. The highest BCUT2D eigenvalue weighted by molar-refractivity contribution is 5.45. The Kier molecular flexibility index (Phi) is 4.32. The number of fused-ring (bicyclic) bond motifs is 1. The van der Waals surface area contributed by atoms with Crippen LogP contribution in [0.1, 0.15) is 41.3 Å². The van der Waals surface area contributed by atoms with E-state index in [2.05, 4.69) is 62.4 Å². The maximum atomic E-state index is 4.69. The molecule has 134 valence electrons. The van der Waals surface area contributed by atoms with Crippen molar-refractivity contribution in [3.05, 3.63) is 59.0 Å². The van der Waals surface area contributed by atoms with Crippen LogP contribution in [0.2, 0.25) is 0 Å². The van der Waals surface area contributed by atoms with E-state index in [-0.39, 0.29) is 6.04 Å². The molecule has 0 saturated carbocycles. The second-order valence-electron chi connectivity index (χ2n) is 6.83. The van der Waals surface area contributed by atoms with Gasteiger partial charge >= 0.3 is 0 Å². The number of anilines is 2. The molecule has 6 heteroatoms. The lowest BCUT2D eigenvalue weighted by Crippen LogP contribution is -2.19. The average Bonchev–Trinajstić information content (AvgIpc) is 3.09. The fourth-order valence-corrected chi connectivity index (χ4v) is 3.51. The lowest BCUT2D eigenvalue weighted by atomic mass is 9.93. The van der Waals surface area contributed by atoms with Gasteiger partial charge in [-0.1, -0.05) is 6.07 Å². The molecule has 0 bridgehead atoms. The first-order chi connectivity index (χ1) is 12.7. The van der Waals surface area contributed by atoms with Gasteiger partial charge in [-0.05, 0) is 62.4 Å². The second-order valence-corrected chi connectivity index (χ2v) is 6.83. The van der Waals surface area contributed by atoms with E-state index >= 15 is 0 Å². The molecule has 2 heterocycles. The molecular formula is C20H24N6. The molecule has 0 fully saturated rings. The third kappa shape index (κ3) is 3.03. The fourth-order valence-electron chi connectivity index (χ4n) is 3.51. The van der Waals surface area contributed by atoms with Crippen LogP contribution in [0.25, 0.3) is 5.69 Å². The monoisotopic (exact) mass is 348 g/mol. The maximum absolute atomic E-state index is 4.69. The quantitative estimate of drug-likeness (QED) is 0.750. The van der Waals surface area contributed by atoms with Gasteiger partial charge in [-0.2, -0.15) is 10.1 Å². The zero-order valence-electron chi connectivity index (χ0n) is 15.5. The first-order valence-corrected chi connectivity index (χ1v) is 9.07. The molecule has 4 rings (SSSR count). The maximum Gasteiger partial charge on any atom is 0.225 e. The first-order valence-electron chi connectivity index (χ1n) is 9.07. The molecule has 2 N–H and O–H groups in total. The molecule has 2 aromatic heterocycles. The van der Waals surface area contributed by atoms with Crippen molar-refractivity contribution in [2.24, 2.45) is 0 Å². The topological polar surface area (TPSA) is 67.7 Å². The van der Waals surface area contributed by atoms with E-state index in [0.29, 0.717) is 5.95 Å². The van der Waals surface area contributed by atoms with Crippen LogP contribution < -0.4 is 10.6 Å². The standard InChI is InChI=1S/C20H24N6/c1-13-7-8-15(11-14(13)2)26-18-6-4-5-17(16(18)12-23-26)24-20-22-10-9-19(21-3)25-20/h7-12,17H,4-6H2,1-3H3,(H2,21,22,24,25)/t17-/m0/s1. The van der Waals surface area contributed by atoms with Crippen molar-refractivity contribution in [3.8, 4) is 5.69 Å². The van der Waals surface area contributed by atoms with E-state index in [1.54, 1.807) is 6.20 Å². The molecule has 0 amide bonds. The van der Waals surface area contributed by atoms with Gasteiger partial charge in [0.25, 0.3) is 0 Å². The van der Waals surface area contributed by atoms with Crippen LogP contribution in [-0.2, 0) is 6.42 Å². The molecule has 3 aromatic rings. The van der Waals surface area contributed by atoms with E-state index in [0.717, 1.165) is 30.8 Å². The summed E-state index contributed by atoms with van der Waals surface area (Å²) in [6, 6.07) is 8.56. The highest BCUT2D eigenvalue weighted by Gasteiger charge is 2.25. The molecule has 6 nitrogen and oxygen atoms in total. The highest BCUT2D eigenvalue weighted by Crippen LogP contribution is 2.33. The van der Waals surface area contributed by atoms with Gasteiger partial charge in [-0.3, -0.25) is 0 Å². The van der Waals surface area contributed by atoms with E-state index < -0.39 is 0 Å². The minimum Gasteiger partial charge on any atom is -0.373 e. The number of rotatable bonds is 4. The van der Waals surface area contributed by atoms with Crippen LogP contribution >= 0.6 is 0 Å². The third-order valence-electron chi connectivity index (χ3n) is 5.13. The van der Waals surface area contributed by atoms with Gasteiger partial charge in [0, 0.05) is 24.5 Å². The van der Waals surface area contributed by atoms with Gasteiger partial charge in [0.05, 0.1) is 17.9 Å². The van der Waals surface area contributed by atoms with Crippen molar-refractivity contribution in [3.63, 3.8) is 0 Å². The summed E-state index contributed by atoms with van der Waals surface area (Å²) in [5.41, 5.74) is 6.24. The summed E-state index contributed by atoms with van der Waals surface area (Å²) in [6.45, 7) is 4.28. The zero-order chi connectivity index (χ0) is 18.1. The van der Waals surface area contributed by atoms with Crippen molar-refractivity contribution in [1.29, 1.82) is 0 Å². The van der Waals surface area contributed by atoms with Gasteiger partial charge in [0.15, 0.2) is 0 Å². The second kappa shape index (κ2) is 6.78. The normalized spacial score (nSPS) is 16.2. The molecule has 1 aliphatic carbocycles. The molecule has 1 aromatic carbocycles. The molecule has 0 spiro atoms. The summed E-state index contributed by atoms with van der Waals surface area (Å²) in [5, 5.41) is 11.2. The Bertz CT molecular complexity index is 930. The van der Waals surface area contributed by atoms with Crippen molar-refractivity contribution in [2.75, 3.05) is 17.7 Å². The summed E-state index contributed by atoms with van der Waals surface area (Å²) in [6.07, 6.45) is 6.97. The molecule has 1 aliphatic rings. The van der Waals surface area contributed by atoms with Crippen LogP contribution in [0.5, 0.6) is 0 Å². The smallest absolute Gasteiger partial charge is 0.225 e. The predicted octanol–water partition coefficient (Wildman–Crippen LogP) is 3.81. The minimum atomic E-state index is 0.186. The summed E-state index contributed by atoms with van der Waals surface area (Å²) in [5.74, 6) is 1.46. The number of aryl methyl sites for hydroxylation is 2. The first kappa shape index (κ1) is 16.6. The summed E-state index contributed by atoms with van der Waals surface area (Å²) in [4.78, 5) is 8.84. The van der Waals surface area contributed by atoms with Gasteiger partial charge in [0.1, 0.15) is 5.82 Å². The SMILES string of the molecule is CNc1ccnc(N[C@H]2CCCc3c2cnn3-c2ccc(C)c(C)c2)n1. The van der Waals surface area contributed by atoms with E-state index in [9.17, 15) is 0 Å². The van der Waals surface area contributed by atoms with E-state index in [1.165, 1.54) is 22.4 Å². The van der Waals surface area contributed by atoms with Crippen molar-refractivity contribution in [2.45, 2.75) is 39.2 Å². The summed E-state index contributed by atoms with van der Waals surface area (Å²) >= 11 is 0. The Morgan fingerprint density at radius 1 is 1.15 bits per heavy atom. The highest BCUT2D eigenvalue weighted by atomic mass is 15.3. The molecule has 0 aliphatic heterocycles. The van der Waals surface area contributed by atoms with Crippen LogP contribution in [0.3, 0.4) is 0 Å². The number of hydrogen-bond donors (Lipinski definition) is 2. The number of nitrogens with one attached hydrogen (secondary N) is 2. The van der Waals surface area contributed by atoms with Gasteiger partial charge in [0.2, 0.25) is 5.95 Å². The summed E-state index contributed by atoms with van der Waals surface area (Å²) in [7, 11) is 1.86. The van der Waals surface area contributed by atoms with Crippen molar-refractivity contribution >= 4 is 11.8 Å². The molecule has 0 radical (unpaired) electrons. The van der Waals surface area contributed by atoms with E-state index in [4.69, 9.17) is 0 Å². The van der Waals surface area contributed by atoms with Crippen molar-refractivity contribution in [1.82, 2.24) is 19.7 Å². The number of aromatic nitrogens is 4. The van der Waals surface area contributed by atoms with Crippen LogP contribution in [0.15, 0.2) is 36.7 Å². The lowest BCUT2D eigenvalue weighted by Gasteiger charge is -2.24. The Morgan fingerprint density at radius 2 is 2.04 bits per heavy atom. The Labute approximate surface area is 153 Å². The number of hydrogen-bond acceptors (Lipinski definition) is 5. The molecule has 1 atom stereocenters. The van der Waals surface area contributed by atoms with Crippen LogP contribution in [-0.4, -0.2) is 26.8 Å². The molecular weight excluding hydrogens is 324 g/mol. The Hall–Kier alpha value is -2.89. The molecule has 0 unspecified atom stereocenters. The number of nitrogens with zero attached hydrogens (tertiary/aromatic N) is 4. The molecule has 26 heavy (non-hydrogen) atoms. The van der Waals surface area contributed by atoms with Crippen molar-refractivity contribution < 1.29 is 0 Å². The van der Waals surface area contributed by atoms with E-state index in [1.807, 2.05) is 19.3 Å². The Morgan fingerprint density at radius 3 is 2.85 bits per heavy atom. The Balaban J connectivity index is 1.65. The van der Waals surface area contributed by atoms with Gasteiger partial charge in [-0.25, -0.2) is 9.67 Å². The lowest BCUT2D eigenvalue weighted by molar-refractivity contribution is 0.581. The fraction of sp³-hybridized carbons (Fsp3) is 0.350. The van der Waals surface area contributed by atoms with Gasteiger partial charge in [-0.15, -0.1) is 0 Å².